The van der Waals surface area contributed by atoms with E-state index in [1.54, 1.807) is 7.05 Å². The molecule has 3 N–H and O–H groups in total. The van der Waals surface area contributed by atoms with E-state index in [4.69, 9.17) is 5.11 Å². The molecule has 1 rings (SSSR count). The van der Waals surface area contributed by atoms with Crippen molar-refractivity contribution >= 4 is 23.6 Å². The van der Waals surface area contributed by atoms with Crippen LogP contribution in [0.5, 0.6) is 0 Å². The normalized spacial score (nSPS) is 10.2. The average molecular weight is 285 g/mol. The van der Waals surface area contributed by atoms with Crippen LogP contribution < -0.4 is 11.0 Å². The van der Waals surface area contributed by atoms with Gasteiger partial charge >= 0.3 is 11.7 Å². The Morgan fingerprint density at radius 2 is 2.16 bits per heavy atom. The van der Waals surface area contributed by atoms with Crippen LogP contribution in [-0.2, 0) is 4.79 Å². The summed E-state index contributed by atoms with van der Waals surface area (Å²) in [7, 11) is 1.56. The average Bonchev–Trinajstić information content (AvgIpc) is 2.32. The van der Waals surface area contributed by atoms with E-state index in [0.29, 0.717) is 18.6 Å². The molecular formula is C11H15N3O4S. The second kappa shape index (κ2) is 6.93. The summed E-state index contributed by atoms with van der Waals surface area (Å²) in [5.41, 5.74) is -0.290. The summed E-state index contributed by atoms with van der Waals surface area (Å²) in [5, 5.41) is 11.8. The van der Waals surface area contributed by atoms with Gasteiger partial charge in [0.25, 0.3) is 0 Å². The monoisotopic (exact) mass is 285 g/mol. The highest BCUT2D eigenvalue weighted by Crippen LogP contribution is 2.21. The summed E-state index contributed by atoms with van der Waals surface area (Å²) < 4.78 is 0. The number of carbonyl (C=O) groups excluding carboxylic acids is 1. The first-order valence-corrected chi connectivity index (χ1v) is 6.62. The van der Waals surface area contributed by atoms with Gasteiger partial charge in [0.05, 0.1) is 0 Å². The molecule has 1 amide bonds. The summed E-state index contributed by atoms with van der Waals surface area (Å²) in [6.07, 6.45) is 0.936. The number of rotatable bonds is 6. The largest absolute Gasteiger partial charge is 0.478 e. The Morgan fingerprint density at radius 1 is 1.47 bits per heavy atom. The molecule has 0 spiro atoms. The molecular weight excluding hydrogens is 270 g/mol. The van der Waals surface area contributed by atoms with Crippen LogP contribution in [0, 0.1) is 6.92 Å². The summed E-state index contributed by atoms with van der Waals surface area (Å²) in [5.74, 6) is -0.687. The highest BCUT2D eigenvalue weighted by Gasteiger charge is 2.16. The second-order valence-corrected chi connectivity index (χ2v) is 4.86. The Kier molecular flexibility index (Phi) is 5.56. The van der Waals surface area contributed by atoms with E-state index in [9.17, 15) is 14.4 Å². The number of carboxylic acid groups (broad SMARTS) is 1. The lowest BCUT2D eigenvalue weighted by Crippen LogP contribution is -2.18. The first-order chi connectivity index (χ1) is 8.95. The summed E-state index contributed by atoms with van der Waals surface area (Å²) in [6, 6.07) is 0. The van der Waals surface area contributed by atoms with Gasteiger partial charge in [-0.15, -0.1) is 11.8 Å². The van der Waals surface area contributed by atoms with Crippen molar-refractivity contribution in [1.82, 2.24) is 15.3 Å². The van der Waals surface area contributed by atoms with E-state index in [1.807, 2.05) is 0 Å². The van der Waals surface area contributed by atoms with Gasteiger partial charge in [-0.3, -0.25) is 4.79 Å². The van der Waals surface area contributed by atoms with Gasteiger partial charge in [-0.05, 0) is 13.3 Å². The molecule has 0 aliphatic carbocycles. The number of hydrogen-bond donors (Lipinski definition) is 3. The molecule has 8 heteroatoms. The molecule has 104 valence electrons. The first kappa shape index (κ1) is 15.2. The van der Waals surface area contributed by atoms with Crippen molar-refractivity contribution in [1.29, 1.82) is 0 Å². The van der Waals surface area contributed by atoms with Gasteiger partial charge in [0.2, 0.25) is 5.91 Å². The van der Waals surface area contributed by atoms with Gasteiger partial charge in [-0.25, -0.2) is 9.59 Å². The number of nitrogens with one attached hydrogen (secondary N) is 2. The van der Waals surface area contributed by atoms with E-state index in [0.717, 1.165) is 11.8 Å². The molecule has 19 heavy (non-hydrogen) atoms. The van der Waals surface area contributed by atoms with Crippen molar-refractivity contribution in [2.75, 3.05) is 12.8 Å². The highest BCUT2D eigenvalue weighted by molar-refractivity contribution is 7.99. The molecule has 0 aliphatic rings. The Labute approximate surface area is 113 Å². The van der Waals surface area contributed by atoms with E-state index < -0.39 is 11.7 Å². The molecule has 0 atom stereocenters. The summed E-state index contributed by atoms with van der Waals surface area (Å²) in [4.78, 5) is 39.4. The fourth-order valence-electron chi connectivity index (χ4n) is 1.44. The maximum Gasteiger partial charge on any atom is 0.346 e. The number of carbonyl (C=O) groups is 2. The zero-order valence-corrected chi connectivity index (χ0v) is 11.5. The van der Waals surface area contributed by atoms with Crippen molar-refractivity contribution < 1.29 is 14.7 Å². The van der Waals surface area contributed by atoms with Crippen molar-refractivity contribution in [2.45, 2.75) is 24.8 Å². The van der Waals surface area contributed by atoms with E-state index in [1.165, 1.54) is 6.92 Å². The lowest BCUT2D eigenvalue weighted by atomic mass is 10.2. The molecule has 7 nitrogen and oxygen atoms in total. The van der Waals surface area contributed by atoms with Crippen molar-refractivity contribution in [3.05, 3.63) is 21.7 Å². The Bertz CT molecular complexity index is 541. The maximum absolute atomic E-state index is 11.2. The van der Waals surface area contributed by atoms with Gasteiger partial charge in [-0.1, -0.05) is 0 Å². The Balaban J connectivity index is 2.75. The number of H-pyrrole nitrogens is 1. The van der Waals surface area contributed by atoms with Crippen molar-refractivity contribution in [3.8, 4) is 0 Å². The third-order valence-corrected chi connectivity index (χ3v) is 3.43. The first-order valence-electron chi connectivity index (χ1n) is 5.63. The van der Waals surface area contributed by atoms with Crippen LogP contribution in [0.3, 0.4) is 0 Å². The summed E-state index contributed by atoms with van der Waals surface area (Å²) in [6.45, 7) is 1.52. The molecule has 0 saturated heterocycles. The number of aromatic amines is 1. The fraction of sp³-hybridized carbons (Fsp3) is 0.455. The molecule has 0 radical (unpaired) electrons. The van der Waals surface area contributed by atoms with Gasteiger partial charge in [0.1, 0.15) is 10.6 Å². The predicted octanol–water partition coefficient (Wildman–Crippen LogP) is 0.395. The second-order valence-electron chi connectivity index (χ2n) is 3.78. The van der Waals surface area contributed by atoms with Crippen molar-refractivity contribution in [2.24, 2.45) is 0 Å². The smallest absolute Gasteiger partial charge is 0.346 e. The number of hydrogen-bond acceptors (Lipinski definition) is 5. The minimum absolute atomic E-state index is 0.00421. The molecule has 1 aromatic rings. The van der Waals surface area contributed by atoms with E-state index in [-0.39, 0.29) is 22.2 Å². The number of nitrogens with zero attached hydrogens (tertiary/aromatic N) is 1. The quantitative estimate of drug-likeness (QED) is 0.396. The molecule has 1 aromatic heterocycles. The van der Waals surface area contributed by atoms with Gasteiger partial charge in [0.15, 0.2) is 0 Å². The number of aryl methyl sites for hydroxylation is 1. The lowest BCUT2D eigenvalue weighted by molar-refractivity contribution is -0.120. The van der Waals surface area contributed by atoms with Crippen LogP contribution in [0.1, 0.15) is 28.9 Å². The van der Waals surface area contributed by atoms with Crippen molar-refractivity contribution in [3.63, 3.8) is 0 Å². The fourth-order valence-corrected chi connectivity index (χ4v) is 2.46. The van der Waals surface area contributed by atoms with Gasteiger partial charge < -0.3 is 15.4 Å². The third-order valence-electron chi connectivity index (χ3n) is 2.37. The molecule has 0 unspecified atom stereocenters. The van der Waals surface area contributed by atoms with Gasteiger partial charge in [0, 0.05) is 24.9 Å². The SMILES string of the molecule is CNC(=O)CCCSc1nc(=O)[nH]c(C)c1C(=O)O. The summed E-state index contributed by atoms with van der Waals surface area (Å²) >= 11 is 1.16. The highest BCUT2D eigenvalue weighted by atomic mass is 32.2. The maximum atomic E-state index is 11.2. The Morgan fingerprint density at radius 3 is 2.74 bits per heavy atom. The standard InChI is InChI=1S/C11H15N3O4S/c1-6-8(10(16)17)9(14-11(18)13-6)19-5-3-4-7(15)12-2/h3-5H2,1-2H3,(H,12,15)(H,16,17)(H,13,14,18). The molecule has 0 bridgehead atoms. The van der Waals surface area contributed by atoms with Gasteiger partial charge in [-0.2, -0.15) is 4.98 Å². The van der Waals surface area contributed by atoms with Crippen LogP contribution in [0.25, 0.3) is 0 Å². The van der Waals surface area contributed by atoms with Crippen LogP contribution in [0.4, 0.5) is 0 Å². The molecule has 1 heterocycles. The molecule has 0 aromatic carbocycles. The topological polar surface area (TPSA) is 112 Å². The van der Waals surface area contributed by atoms with Crippen LogP contribution >= 0.6 is 11.8 Å². The van der Waals surface area contributed by atoms with Crippen LogP contribution in [0.2, 0.25) is 0 Å². The zero-order chi connectivity index (χ0) is 14.4. The number of aromatic nitrogens is 2. The predicted molar refractivity (Wildman–Crippen MR) is 70.6 cm³/mol. The number of amides is 1. The van der Waals surface area contributed by atoms with E-state index >= 15 is 0 Å². The number of aromatic carboxylic acids is 1. The Hall–Kier alpha value is -1.83. The lowest BCUT2D eigenvalue weighted by Gasteiger charge is -2.06. The molecule has 0 aliphatic heterocycles. The van der Waals surface area contributed by atoms with E-state index in [2.05, 4.69) is 15.3 Å². The third kappa shape index (κ3) is 4.40. The van der Waals surface area contributed by atoms with Crippen LogP contribution in [-0.4, -0.2) is 39.8 Å². The van der Waals surface area contributed by atoms with Crippen LogP contribution in [0.15, 0.2) is 9.82 Å². The minimum Gasteiger partial charge on any atom is -0.478 e. The molecule has 0 saturated carbocycles. The molecule has 0 fully saturated rings. The number of carboxylic acids is 1. The zero-order valence-electron chi connectivity index (χ0n) is 10.6. The minimum atomic E-state index is -1.13. The number of thioether (sulfide) groups is 1.